The van der Waals surface area contributed by atoms with Gasteiger partial charge >= 0.3 is 0 Å². The standard InChI is InChI=1S/C25H28N8O/c1-5-10-32-23(34)19-13-29-24(30-18-7-6-17-12-26-9-8-16(17)11-18)31-22(19)33(32)21-15-27-20(14-28-21)25(2,3)4/h5-7,11,13-15,26H,1,8-10,12H2,2-4H3,(H,29,30,31). The molecule has 0 spiro atoms. The van der Waals surface area contributed by atoms with E-state index in [1.165, 1.54) is 11.1 Å². The van der Waals surface area contributed by atoms with Gasteiger partial charge in [-0.2, -0.15) is 4.98 Å². The van der Waals surface area contributed by atoms with Crippen molar-refractivity contribution in [1.29, 1.82) is 0 Å². The minimum absolute atomic E-state index is 0.130. The molecule has 2 N–H and O–H groups in total. The van der Waals surface area contributed by atoms with E-state index in [4.69, 9.17) is 4.98 Å². The summed E-state index contributed by atoms with van der Waals surface area (Å²) >= 11 is 0. The van der Waals surface area contributed by atoms with Crippen molar-refractivity contribution < 1.29 is 0 Å². The summed E-state index contributed by atoms with van der Waals surface area (Å²) in [5.74, 6) is 0.915. The number of allylic oxidation sites excluding steroid dienone is 1. The van der Waals surface area contributed by atoms with Gasteiger partial charge in [-0.3, -0.25) is 9.78 Å². The summed E-state index contributed by atoms with van der Waals surface area (Å²) in [5, 5.41) is 7.08. The fraction of sp³-hybridized carbons (Fsp3) is 0.320. The van der Waals surface area contributed by atoms with Gasteiger partial charge in [0.25, 0.3) is 5.56 Å². The molecule has 4 aromatic rings. The first-order valence-electron chi connectivity index (χ1n) is 11.4. The molecule has 0 aliphatic carbocycles. The van der Waals surface area contributed by atoms with Crippen LogP contribution in [0.5, 0.6) is 0 Å². The van der Waals surface area contributed by atoms with Crippen molar-refractivity contribution in [3.63, 3.8) is 0 Å². The highest BCUT2D eigenvalue weighted by atomic mass is 16.1. The minimum atomic E-state index is -0.204. The topological polar surface area (TPSA) is 103 Å². The van der Waals surface area contributed by atoms with Crippen LogP contribution in [0.3, 0.4) is 0 Å². The normalized spacial score (nSPS) is 13.6. The van der Waals surface area contributed by atoms with Gasteiger partial charge in [-0.15, -0.1) is 6.58 Å². The van der Waals surface area contributed by atoms with Crippen LogP contribution in [0.15, 0.2) is 54.2 Å². The van der Waals surface area contributed by atoms with Crippen LogP contribution in [-0.2, 0) is 24.9 Å². The molecule has 1 aliphatic heterocycles. The number of hydrogen-bond acceptors (Lipinski definition) is 7. The number of rotatable bonds is 5. The average Bonchev–Trinajstić information content (AvgIpc) is 3.09. The highest BCUT2D eigenvalue weighted by molar-refractivity contribution is 5.77. The fourth-order valence-electron chi connectivity index (χ4n) is 4.11. The van der Waals surface area contributed by atoms with Crippen molar-refractivity contribution in [3.8, 4) is 5.82 Å². The highest BCUT2D eigenvalue weighted by Crippen LogP contribution is 2.23. The molecule has 9 heteroatoms. The van der Waals surface area contributed by atoms with E-state index >= 15 is 0 Å². The first kappa shape index (κ1) is 22.0. The molecular weight excluding hydrogens is 428 g/mol. The molecular formula is C25H28N8O. The summed E-state index contributed by atoms with van der Waals surface area (Å²) in [4.78, 5) is 31.4. The van der Waals surface area contributed by atoms with Gasteiger partial charge in [-0.25, -0.2) is 19.3 Å². The Balaban J connectivity index is 1.58. The number of aromatic nitrogens is 6. The van der Waals surface area contributed by atoms with Crippen molar-refractivity contribution in [2.75, 3.05) is 11.9 Å². The van der Waals surface area contributed by atoms with Crippen molar-refractivity contribution in [2.45, 2.75) is 45.7 Å². The van der Waals surface area contributed by atoms with Crippen LogP contribution < -0.4 is 16.2 Å². The van der Waals surface area contributed by atoms with Crippen LogP contribution in [0.25, 0.3) is 16.9 Å². The van der Waals surface area contributed by atoms with Crippen LogP contribution in [0.2, 0.25) is 0 Å². The Morgan fingerprint density at radius 3 is 2.74 bits per heavy atom. The summed E-state index contributed by atoms with van der Waals surface area (Å²) in [7, 11) is 0. The Bertz CT molecular complexity index is 1430. The summed E-state index contributed by atoms with van der Waals surface area (Å²) in [6.45, 7) is 12.2. The van der Waals surface area contributed by atoms with E-state index in [0.717, 1.165) is 30.9 Å². The Hall–Kier alpha value is -3.85. The van der Waals surface area contributed by atoms with Gasteiger partial charge in [-0.05, 0) is 36.2 Å². The molecule has 4 heterocycles. The van der Waals surface area contributed by atoms with Crippen LogP contribution in [-0.4, -0.2) is 35.8 Å². The maximum Gasteiger partial charge on any atom is 0.278 e. The van der Waals surface area contributed by atoms with Gasteiger partial charge in [0.15, 0.2) is 11.5 Å². The first-order chi connectivity index (χ1) is 16.3. The molecule has 0 fully saturated rings. The number of anilines is 2. The molecule has 0 atom stereocenters. The summed E-state index contributed by atoms with van der Waals surface area (Å²) in [6, 6.07) is 6.27. The maximum atomic E-state index is 13.1. The predicted molar refractivity (Wildman–Crippen MR) is 133 cm³/mol. The lowest BCUT2D eigenvalue weighted by Crippen LogP contribution is -2.23. The molecule has 9 nitrogen and oxygen atoms in total. The van der Waals surface area contributed by atoms with E-state index in [-0.39, 0.29) is 11.0 Å². The van der Waals surface area contributed by atoms with Gasteiger partial charge in [0.1, 0.15) is 5.39 Å². The summed E-state index contributed by atoms with van der Waals surface area (Å²) < 4.78 is 3.23. The zero-order chi connectivity index (χ0) is 23.9. The molecule has 174 valence electrons. The Kier molecular flexibility index (Phi) is 5.49. The maximum absolute atomic E-state index is 13.1. The van der Waals surface area contributed by atoms with E-state index in [2.05, 4.69) is 65.1 Å². The van der Waals surface area contributed by atoms with Gasteiger partial charge in [0.05, 0.1) is 24.6 Å². The quantitative estimate of drug-likeness (QED) is 0.445. The molecule has 1 aliphatic rings. The van der Waals surface area contributed by atoms with Crippen molar-refractivity contribution >= 4 is 22.7 Å². The van der Waals surface area contributed by atoms with Gasteiger partial charge < -0.3 is 10.6 Å². The molecule has 0 bridgehead atoms. The molecule has 1 aromatic carbocycles. The van der Waals surface area contributed by atoms with Crippen LogP contribution in [0.4, 0.5) is 11.6 Å². The largest absolute Gasteiger partial charge is 0.324 e. The Labute approximate surface area is 197 Å². The SMILES string of the molecule is C=CCn1c(=O)c2cnc(Nc3ccc4c(c3)CCNC4)nc2n1-c1cnc(C(C)(C)C)cn1. The lowest BCUT2D eigenvalue weighted by molar-refractivity contribution is 0.558. The zero-order valence-corrected chi connectivity index (χ0v) is 19.7. The molecule has 3 aromatic heterocycles. The molecule has 34 heavy (non-hydrogen) atoms. The highest BCUT2D eigenvalue weighted by Gasteiger charge is 2.20. The molecule has 5 rings (SSSR count). The van der Waals surface area contributed by atoms with Crippen LogP contribution >= 0.6 is 0 Å². The summed E-state index contributed by atoms with van der Waals surface area (Å²) in [5.41, 5.74) is 4.52. The van der Waals surface area contributed by atoms with E-state index < -0.39 is 0 Å². The number of nitrogens with zero attached hydrogens (tertiary/aromatic N) is 6. The number of benzene rings is 1. The van der Waals surface area contributed by atoms with Crippen LogP contribution in [0, 0.1) is 0 Å². The van der Waals surface area contributed by atoms with Crippen molar-refractivity contribution in [3.05, 3.63) is 76.6 Å². The smallest absolute Gasteiger partial charge is 0.278 e. The van der Waals surface area contributed by atoms with Gasteiger partial charge in [0.2, 0.25) is 5.95 Å². The third-order valence-corrected chi connectivity index (χ3v) is 5.95. The second-order valence-corrected chi connectivity index (χ2v) is 9.46. The van der Waals surface area contributed by atoms with Gasteiger partial charge in [-0.1, -0.05) is 32.9 Å². The monoisotopic (exact) mass is 456 g/mol. The van der Waals surface area contributed by atoms with Crippen LogP contribution in [0.1, 0.15) is 37.6 Å². The van der Waals surface area contributed by atoms with E-state index in [0.29, 0.717) is 29.3 Å². The van der Waals surface area contributed by atoms with E-state index in [9.17, 15) is 4.79 Å². The predicted octanol–water partition coefficient (Wildman–Crippen LogP) is 3.25. The molecule has 0 unspecified atom stereocenters. The first-order valence-corrected chi connectivity index (χ1v) is 11.4. The van der Waals surface area contributed by atoms with E-state index in [1.807, 2.05) is 6.07 Å². The van der Waals surface area contributed by atoms with Gasteiger partial charge in [0, 0.05) is 23.8 Å². The molecule has 0 amide bonds. The van der Waals surface area contributed by atoms with E-state index in [1.54, 1.807) is 34.0 Å². The third kappa shape index (κ3) is 3.99. The molecule has 0 saturated heterocycles. The minimum Gasteiger partial charge on any atom is -0.324 e. The second-order valence-electron chi connectivity index (χ2n) is 9.46. The Morgan fingerprint density at radius 2 is 2.00 bits per heavy atom. The van der Waals surface area contributed by atoms with Crippen molar-refractivity contribution in [1.82, 2.24) is 34.6 Å². The number of nitrogens with one attached hydrogen (secondary N) is 2. The lowest BCUT2D eigenvalue weighted by atomic mass is 9.93. The molecule has 0 radical (unpaired) electrons. The fourth-order valence-corrected chi connectivity index (χ4v) is 4.11. The Morgan fingerprint density at radius 1 is 1.15 bits per heavy atom. The third-order valence-electron chi connectivity index (χ3n) is 5.95. The second kappa shape index (κ2) is 8.49. The molecule has 0 saturated carbocycles. The number of fused-ring (bicyclic) bond motifs is 2. The zero-order valence-electron chi connectivity index (χ0n) is 19.7. The lowest BCUT2D eigenvalue weighted by Gasteiger charge is -2.18. The summed E-state index contributed by atoms with van der Waals surface area (Å²) in [6.07, 6.45) is 7.63. The number of hydrogen-bond donors (Lipinski definition) is 2. The van der Waals surface area contributed by atoms with Crippen molar-refractivity contribution in [2.24, 2.45) is 0 Å². The average molecular weight is 457 g/mol.